The van der Waals surface area contributed by atoms with Crippen molar-refractivity contribution in [2.45, 2.75) is 17.9 Å². The molecule has 0 fully saturated rings. The van der Waals surface area contributed by atoms with Crippen LogP contribution >= 0.6 is 0 Å². The van der Waals surface area contributed by atoms with Gasteiger partial charge in [0.15, 0.2) is 0 Å². The quantitative estimate of drug-likeness (QED) is 0.663. The molecule has 1 aromatic heterocycles. The van der Waals surface area contributed by atoms with Gasteiger partial charge in [-0.1, -0.05) is 12.1 Å². The molecule has 0 saturated carbocycles. The zero-order valence-electron chi connectivity index (χ0n) is 13.0. The van der Waals surface area contributed by atoms with Crippen LogP contribution in [0.5, 0.6) is 0 Å². The third kappa shape index (κ3) is 3.19. The van der Waals surface area contributed by atoms with E-state index < -0.39 is 16.1 Å². The smallest absolute Gasteiger partial charge is 0.240 e. The number of aromatic nitrogens is 1. The van der Waals surface area contributed by atoms with Crippen molar-refractivity contribution >= 4 is 20.9 Å². The van der Waals surface area contributed by atoms with Crippen LogP contribution in [0.25, 0.3) is 22.0 Å². The van der Waals surface area contributed by atoms with Crippen LogP contribution in [0.3, 0.4) is 0 Å². The molecule has 5 nitrogen and oxygen atoms in total. The predicted octanol–water partition coefficient (Wildman–Crippen LogP) is 2.63. The van der Waals surface area contributed by atoms with Gasteiger partial charge in [0.1, 0.15) is 5.82 Å². The van der Waals surface area contributed by atoms with Crippen LogP contribution in [0.1, 0.15) is 6.92 Å². The van der Waals surface area contributed by atoms with Gasteiger partial charge < -0.3 is 10.1 Å². The normalized spacial score (nSPS) is 13.3. The maximum atomic E-state index is 13.3. The minimum Gasteiger partial charge on any atom is -0.395 e. The number of hydrogen-bond acceptors (Lipinski definition) is 3. The lowest BCUT2D eigenvalue weighted by Crippen LogP contribution is -2.34. The zero-order chi connectivity index (χ0) is 17.3. The van der Waals surface area contributed by atoms with Crippen LogP contribution in [-0.4, -0.2) is 31.2 Å². The van der Waals surface area contributed by atoms with Crippen LogP contribution in [0.2, 0.25) is 0 Å². The van der Waals surface area contributed by atoms with E-state index in [-0.39, 0.29) is 17.3 Å². The summed E-state index contributed by atoms with van der Waals surface area (Å²) < 4.78 is 40.0. The summed E-state index contributed by atoms with van der Waals surface area (Å²) >= 11 is 0. The van der Waals surface area contributed by atoms with Gasteiger partial charge in [-0.2, -0.15) is 0 Å². The van der Waals surface area contributed by atoms with Crippen molar-refractivity contribution in [3.8, 4) is 11.1 Å². The average Bonchev–Trinajstić information content (AvgIpc) is 2.97. The lowest BCUT2D eigenvalue weighted by Gasteiger charge is -2.11. The molecule has 0 amide bonds. The predicted molar refractivity (Wildman–Crippen MR) is 90.6 cm³/mol. The van der Waals surface area contributed by atoms with Gasteiger partial charge in [0, 0.05) is 28.7 Å². The monoisotopic (exact) mass is 348 g/mol. The molecule has 0 aliphatic carbocycles. The number of sulfonamides is 1. The summed E-state index contributed by atoms with van der Waals surface area (Å²) in [6.45, 7) is 1.31. The highest BCUT2D eigenvalue weighted by Crippen LogP contribution is 2.29. The van der Waals surface area contributed by atoms with E-state index in [0.29, 0.717) is 5.52 Å². The van der Waals surface area contributed by atoms with Crippen LogP contribution in [0, 0.1) is 5.82 Å². The van der Waals surface area contributed by atoms with Gasteiger partial charge in [0.05, 0.1) is 11.5 Å². The molecule has 3 aromatic rings. The van der Waals surface area contributed by atoms with Gasteiger partial charge in [0.2, 0.25) is 10.0 Å². The Balaban J connectivity index is 1.94. The molecule has 0 aliphatic heterocycles. The van der Waals surface area contributed by atoms with E-state index in [4.69, 9.17) is 5.11 Å². The second kappa shape index (κ2) is 6.35. The van der Waals surface area contributed by atoms with Crippen molar-refractivity contribution in [2.24, 2.45) is 0 Å². The SMILES string of the molecule is C[C@@H](CO)NS(=O)(=O)c1ccc(-c2c[nH]c3cc(F)ccc23)cc1. The number of fused-ring (bicyclic) bond motifs is 1. The first-order valence-corrected chi connectivity index (χ1v) is 8.89. The lowest BCUT2D eigenvalue weighted by molar-refractivity contribution is 0.265. The second-order valence-electron chi connectivity index (χ2n) is 5.62. The van der Waals surface area contributed by atoms with E-state index in [2.05, 4.69) is 9.71 Å². The summed E-state index contributed by atoms with van der Waals surface area (Å²) in [5, 5.41) is 9.84. The molecule has 0 unspecified atom stereocenters. The lowest BCUT2D eigenvalue weighted by atomic mass is 10.1. The Labute approximate surface area is 139 Å². The van der Waals surface area contributed by atoms with Crippen LogP contribution in [0.4, 0.5) is 4.39 Å². The number of aliphatic hydroxyl groups is 1. The first kappa shape index (κ1) is 16.6. The summed E-state index contributed by atoms with van der Waals surface area (Å²) in [7, 11) is -3.67. The number of rotatable bonds is 5. The Morgan fingerprint density at radius 2 is 1.92 bits per heavy atom. The summed E-state index contributed by atoms with van der Waals surface area (Å²) in [6.07, 6.45) is 1.76. The number of H-pyrrole nitrogens is 1. The molecular weight excluding hydrogens is 331 g/mol. The maximum Gasteiger partial charge on any atom is 0.240 e. The summed E-state index contributed by atoms with van der Waals surface area (Å²) in [4.78, 5) is 3.13. The van der Waals surface area contributed by atoms with Crippen LogP contribution in [-0.2, 0) is 10.0 Å². The molecule has 0 spiro atoms. The molecule has 7 heteroatoms. The largest absolute Gasteiger partial charge is 0.395 e. The molecule has 1 atom stereocenters. The van der Waals surface area contributed by atoms with Crippen molar-refractivity contribution in [1.82, 2.24) is 9.71 Å². The van der Waals surface area contributed by atoms with E-state index in [1.54, 1.807) is 31.3 Å². The number of halogens is 1. The van der Waals surface area contributed by atoms with E-state index in [1.807, 2.05) is 0 Å². The Morgan fingerprint density at radius 1 is 1.21 bits per heavy atom. The van der Waals surface area contributed by atoms with E-state index >= 15 is 0 Å². The maximum absolute atomic E-state index is 13.3. The fourth-order valence-corrected chi connectivity index (χ4v) is 3.76. The summed E-state index contributed by atoms with van der Waals surface area (Å²) in [5.74, 6) is -0.318. The molecular formula is C17H17FN2O3S. The first-order chi connectivity index (χ1) is 11.4. The molecule has 2 aromatic carbocycles. The fourth-order valence-electron chi connectivity index (χ4n) is 2.52. The van der Waals surface area contributed by atoms with E-state index in [1.165, 1.54) is 24.3 Å². The Hall–Kier alpha value is -2.22. The number of aromatic amines is 1. The number of nitrogens with one attached hydrogen (secondary N) is 2. The van der Waals surface area contributed by atoms with Gasteiger partial charge in [-0.25, -0.2) is 17.5 Å². The van der Waals surface area contributed by atoms with Crippen molar-refractivity contribution in [2.75, 3.05) is 6.61 Å². The minimum atomic E-state index is -3.67. The van der Waals surface area contributed by atoms with Gasteiger partial charge in [-0.15, -0.1) is 0 Å². The molecule has 24 heavy (non-hydrogen) atoms. The van der Waals surface area contributed by atoms with Crippen LogP contribution in [0.15, 0.2) is 53.6 Å². The molecule has 1 heterocycles. The van der Waals surface area contributed by atoms with Gasteiger partial charge in [-0.3, -0.25) is 0 Å². The average molecular weight is 348 g/mol. The third-order valence-corrected chi connectivity index (χ3v) is 5.36. The standard InChI is InChI=1S/C17H17FN2O3S/c1-11(10-21)20-24(22,23)14-5-2-12(3-6-14)16-9-19-17-8-13(18)4-7-15(16)17/h2-9,11,19-21H,10H2,1H3/t11-/m0/s1. The Kier molecular flexibility index (Phi) is 4.40. The number of hydrogen-bond donors (Lipinski definition) is 3. The topological polar surface area (TPSA) is 82.2 Å². The van der Waals surface area contributed by atoms with Crippen molar-refractivity contribution in [3.05, 3.63) is 54.5 Å². The van der Waals surface area contributed by atoms with Crippen molar-refractivity contribution in [3.63, 3.8) is 0 Å². The molecule has 3 N–H and O–H groups in total. The van der Waals surface area contributed by atoms with Crippen LogP contribution < -0.4 is 4.72 Å². The highest BCUT2D eigenvalue weighted by Gasteiger charge is 2.17. The van der Waals surface area contributed by atoms with Gasteiger partial charge in [0.25, 0.3) is 0 Å². The van der Waals surface area contributed by atoms with Gasteiger partial charge >= 0.3 is 0 Å². The Bertz CT molecular complexity index is 965. The Morgan fingerprint density at radius 3 is 2.58 bits per heavy atom. The molecule has 3 rings (SSSR count). The number of aliphatic hydroxyl groups excluding tert-OH is 1. The second-order valence-corrected chi connectivity index (χ2v) is 7.34. The molecule has 0 radical (unpaired) electrons. The molecule has 0 aliphatic rings. The molecule has 0 saturated heterocycles. The molecule has 0 bridgehead atoms. The van der Waals surface area contributed by atoms with Gasteiger partial charge in [-0.05, 0) is 42.8 Å². The summed E-state index contributed by atoms with van der Waals surface area (Å²) in [5.41, 5.74) is 2.37. The highest BCUT2D eigenvalue weighted by atomic mass is 32.2. The highest BCUT2D eigenvalue weighted by molar-refractivity contribution is 7.89. The molecule has 126 valence electrons. The van der Waals surface area contributed by atoms with Crippen molar-refractivity contribution < 1.29 is 17.9 Å². The number of benzene rings is 2. The zero-order valence-corrected chi connectivity index (χ0v) is 13.8. The van der Waals surface area contributed by atoms with E-state index in [0.717, 1.165) is 16.5 Å². The first-order valence-electron chi connectivity index (χ1n) is 7.41. The fraction of sp³-hybridized carbons (Fsp3) is 0.176. The third-order valence-electron chi connectivity index (χ3n) is 3.75. The summed E-state index contributed by atoms with van der Waals surface area (Å²) in [6, 6.07) is 10.3. The van der Waals surface area contributed by atoms with E-state index in [9.17, 15) is 12.8 Å². The van der Waals surface area contributed by atoms with Crippen molar-refractivity contribution in [1.29, 1.82) is 0 Å². The minimum absolute atomic E-state index is 0.123.